The molecule has 0 atom stereocenters. The summed E-state index contributed by atoms with van der Waals surface area (Å²) >= 11 is 0. The molecule has 1 aromatic carbocycles. The van der Waals surface area contributed by atoms with Crippen LogP contribution in [-0.2, 0) is 6.54 Å². The van der Waals surface area contributed by atoms with Crippen molar-refractivity contribution in [1.29, 1.82) is 0 Å². The first-order chi connectivity index (χ1) is 10.1. The second-order valence-corrected chi connectivity index (χ2v) is 5.89. The highest BCUT2D eigenvalue weighted by molar-refractivity contribution is 5.84. The van der Waals surface area contributed by atoms with E-state index in [2.05, 4.69) is 5.32 Å². The first-order valence-corrected chi connectivity index (χ1v) is 7.64. The summed E-state index contributed by atoms with van der Waals surface area (Å²) in [4.78, 5) is 11.7. The summed E-state index contributed by atoms with van der Waals surface area (Å²) in [7, 11) is 0. The quantitative estimate of drug-likeness (QED) is 0.851. The molecule has 0 spiro atoms. The van der Waals surface area contributed by atoms with Crippen LogP contribution >= 0.6 is 0 Å². The van der Waals surface area contributed by atoms with Crippen molar-refractivity contribution in [3.05, 3.63) is 39.7 Å². The Bertz CT molecular complexity index is 699. The number of nitrogens with one attached hydrogen (secondary N) is 1. The van der Waals surface area contributed by atoms with Crippen molar-refractivity contribution < 1.29 is 9.52 Å². The smallest absolute Gasteiger partial charge is 0.336 e. The molecule has 1 aromatic heterocycles. The molecule has 0 saturated heterocycles. The lowest BCUT2D eigenvalue weighted by molar-refractivity contribution is 0.372. The number of phenols is 1. The van der Waals surface area contributed by atoms with E-state index >= 15 is 0 Å². The molecule has 1 heterocycles. The molecule has 0 radical (unpaired) electrons. The van der Waals surface area contributed by atoms with Gasteiger partial charge in [-0.2, -0.15) is 0 Å². The zero-order chi connectivity index (χ0) is 14.8. The Labute approximate surface area is 123 Å². The Kier molecular flexibility index (Phi) is 3.97. The highest BCUT2D eigenvalue weighted by atomic mass is 16.4. The Morgan fingerprint density at radius 1 is 1.29 bits per heavy atom. The van der Waals surface area contributed by atoms with Crippen molar-refractivity contribution >= 4 is 11.0 Å². The molecule has 1 fully saturated rings. The van der Waals surface area contributed by atoms with E-state index in [1.165, 1.54) is 32.1 Å². The summed E-state index contributed by atoms with van der Waals surface area (Å²) in [5.41, 5.74) is 1.68. The maximum Gasteiger partial charge on any atom is 0.336 e. The zero-order valence-corrected chi connectivity index (χ0v) is 12.3. The first-order valence-electron chi connectivity index (χ1n) is 7.64. The van der Waals surface area contributed by atoms with Crippen molar-refractivity contribution in [2.24, 2.45) is 0 Å². The number of rotatable bonds is 3. The fourth-order valence-corrected chi connectivity index (χ4v) is 3.12. The number of fused-ring (bicyclic) bond motifs is 1. The number of hydrogen-bond acceptors (Lipinski definition) is 4. The van der Waals surface area contributed by atoms with E-state index in [1.54, 1.807) is 19.1 Å². The molecule has 1 aliphatic carbocycles. The minimum Gasteiger partial charge on any atom is -0.508 e. The molecule has 2 N–H and O–H groups in total. The molecule has 1 saturated carbocycles. The van der Waals surface area contributed by atoms with Crippen LogP contribution in [0.5, 0.6) is 5.75 Å². The lowest BCUT2D eigenvalue weighted by Gasteiger charge is -2.23. The second kappa shape index (κ2) is 5.90. The number of hydrogen-bond donors (Lipinski definition) is 2. The van der Waals surface area contributed by atoms with Gasteiger partial charge in [-0.1, -0.05) is 19.3 Å². The summed E-state index contributed by atoms with van der Waals surface area (Å²) in [5.74, 6) is 0.156. The van der Waals surface area contributed by atoms with Crippen LogP contribution in [0.3, 0.4) is 0 Å². The number of phenolic OH excluding ortho intramolecular Hbond substituents is 1. The third-order valence-corrected chi connectivity index (χ3v) is 4.40. The highest BCUT2D eigenvalue weighted by Crippen LogP contribution is 2.27. The van der Waals surface area contributed by atoms with Gasteiger partial charge in [0.05, 0.1) is 0 Å². The van der Waals surface area contributed by atoms with Gasteiger partial charge in [0.25, 0.3) is 0 Å². The third kappa shape index (κ3) is 2.95. The maximum absolute atomic E-state index is 11.7. The predicted octanol–water partition coefficient (Wildman–Crippen LogP) is 3.23. The number of benzene rings is 1. The van der Waals surface area contributed by atoms with E-state index in [-0.39, 0.29) is 11.4 Å². The van der Waals surface area contributed by atoms with Crippen LogP contribution in [0.25, 0.3) is 11.0 Å². The molecule has 0 unspecified atom stereocenters. The minimum absolute atomic E-state index is 0.156. The van der Waals surface area contributed by atoms with Gasteiger partial charge >= 0.3 is 5.63 Å². The summed E-state index contributed by atoms with van der Waals surface area (Å²) in [6.07, 6.45) is 6.30. The average Bonchev–Trinajstić information content (AvgIpc) is 2.50. The second-order valence-electron chi connectivity index (χ2n) is 5.89. The fourth-order valence-electron chi connectivity index (χ4n) is 3.12. The summed E-state index contributed by atoms with van der Waals surface area (Å²) < 4.78 is 5.26. The fraction of sp³-hybridized carbons (Fsp3) is 0.471. The topological polar surface area (TPSA) is 62.5 Å². The SMILES string of the molecule is Cc1c(O)ccc2c(CNC3CCCCC3)cc(=O)oc12. The summed E-state index contributed by atoms with van der Waals surface area (Å²) in [6.45, 7) is 2.43. The predicted molar refractivity (Wildman–Crippen MR) is 82.6 cm³/mol. The van der Waals surface area contributed by atoms with Crippen LogP contribution in [0.2, 0.25) is 0 Å². The Morgan fingerprint density at radius 3 is 2.81 bits per heavy atom. The molecule has 4 nitrogen and oxygen atoms in total. The minimum atomic E-state index is -0.364. The molecule has 2 aromatic rings. The molecule has 4 heteroatoms. The molecule has 112 valence electrons. The van der Waals surface area contributed by atoms with Gasteiger partial charge in [0.15, 0.2) is 0 Å². The molecule has 1 aliphatic rings. The number of aryl methyl sites for hydroxylation is 1. The van der Waals surface area contributed by atoms with Gasteiger partial charge in [-0.15, -0.1) is 0 Å². The Hall–Kier alpha value is -1.81. The summed E-state index contributed by atoms with van der Waals surface area (Å²) in [6, 6.07) is 5.56. The van der Waals surface area contributed by atoms with E-state index < -0.39 is 0 Å². The van der Waals surface area contributed by atoms with Crippen molar-refractivity contribution in [2.45, 2.75) is 51.6 Å². The standard InChI is InChI=1S/C17H21NO3/c1-11-15(19)8-7-14-12(9-16(20)21-17(11)14)10-18-13-5-3-2-4-6-13/h7-9,13,18-19H,2-6,10H2,1H3. The normalized spacial score (nSPS) is 16.4. The molecular formula is C17H21NO3. The Balaban J connectivity index is 1.90. The van der Waals surface area contributed by atoms with Gasteiger partial charge in [0.2, 0.25) is 0 Å². The van der Waals surface area contributed by atoms with Crippen LogP contribution in [0, 0.1) is 6.92 Å². The molecule has 0 aliphatic heterocycles. The molecular weight excluding hydrogens is 266 g/mol. The summed E-state index contributed by atoms with van der Waals surface area (Å²) in [5, 5.41) is 14.2. The van der Waals surface area contributed by atoms with Crippen molar-refractivity contribution in [1.82, 2.24) is 5.32 Å². The maximum atomic E-state index is 11.7. The lowest BCUT2D eigenvalue weighted by Crippen LogP contribution is -2.30. The highest BCUT2D eigenvalue weighted by Gasteiger charge is 2.15. The lowest BCUT2D eigenvalue weighted by atomic mass is 9.95. The number of aromatic hydroxyl groups is 1. The van der Waals surface area contributed by atoms with Crippen molar-refractivity contribution in [2.75, 3.05) is 0 Å². The van der Waals surface area contributed by atoms with Gasteiger partial charge in [0, 0.05) is 29.6 Å². The average molecular weight is 287 g/mol. The van der Waals surface area contributed by atoms with Crippen LogP contribution in [0.1, 0.15) is 43.2 Å². The van der Waals surface area contributed by atoms with Gasteiger partial charge in [-0.25, -0.2) is 4.79 Å². The van der Waals surface area contributed by atoms with E-state index in [9.17, 15) is 9.90 Å². The van der Waals surface area contributed by atoms with E-state index in [0.717, 1.165) is 10.9 Å². The van der Waals surface area contributed by atoms with Crippen molar-refractivity contribution in [3.63, 3.8) is 0 Å². The van der Waals surface area contributed by atoms with Gasteiger partial charge in [-0.3, -0.25) is 0 Å². The van der Waals surface area contributed by atoms with Crippen LogP contribution in [-0.4, -0.2) is 11.1 Å². The molecule has 0 amide bonds. The largest absolute Gasteiger partial charge is 0.508 e. The van der Waals surface area contributed by atoms with Gasteiger partial charge in [0.1, 0.15) is 11.3 Å². The zero-order valence-electron chi connectivity index (χ0n) is 12.3. The van der Waals surface area contributed by atoms with Crippen LogP contribution in [0.4, 0.5) is 0 Å². The van der Waals surface area contributed by atoms with Crippen molar-refractivity contribution in [3.8, 4) is 5.75 Å². The van der Waals surface area contributed by atoms with Gasteiger partial charge < -0.3 is 14.8 Å². The third-order valence-electron chi connectivity index (χ3n) is 4.40. The van der Waals surface area contributed by atoms with Gasteiger partial charge in [-0.05, 0) is 37.5 Å². The molecule has 21 heavy (non-hydrogen) atoms. The Morgan fingerprint density at radius 2 is 2.05 bits per heavy atom. The van der Waals surface area contributed by atoms with Crippen LogP contribution in [0.15, 0.2) is 27.4 Å². The monoisotopic (exact) mass is 287 g/mol. The van der Waals surface area contributed by atoms with E-state index in [4.69, 9.17) is 4.42 Å². The molecule has 0 bridgehead atoms. The molecule has 3 rings (SSSR count). The van der Waals surface area contributed by atoms with E-state index in [0.29, 0.717) is 23.7 Å². The van der Waals surface area contributed by atoms with Crippen LogP contribution < -0.4 is 10.9 Å². The first kappa shape index (κ1) is 14.1. The van der Waals surface area contributed by atoms with E-state index in [1.807, 2.05) is 6.07 Å².